The van der Waals surface area contributed by atoms with Gasteiger partial charge in [-0.1, -0.05) is 6.92 Å². The van der Waals surface area contributed by atoms with E-state index in [-0.39, 0.29) is 23.4 Å². The highest BCUT2D eigenvalue weighted by atomic mass is 16.5. The van der Waals surface area contributed by atoms with E-state index in [0.717, 1.165) is 19.3 Å². The maximum atomic E-state index is 11.8. The van der Waals surface area contributed by atoms with Gasteiger partial charge in [-0.05, 0) is 25.2 Å². The van der Waals surface area contributed by atoms with Gasteiger partial charge in [0, 0.05) is 0 Å². The molecule has 3 heteroatoms. The first-order valence-electron chi connectivity index (χ1n) is 5.07. The Hall–Kier alpha value is -1.12. The zero-order valence-corrected chi connectivity index (χ0v) is 8.23. The van der Waals surface area contributed by atoms with Crippen LogP contribution in [0.4, 0.5) is 0 Å². The third kappa shape index (κ3) is 1.47. The molecule has 0 bridgehead atoms. The Bertz CT molecular complexity index is 293. The van der Waals surface area contributed by atoms with E-state index in [1.807, 2.05) is 0 Å². The van der Waals surface area contributed by atoms with Crippen molar-refractivity contribution in [2.24, 2.45) is 11.8 Å². The van der Waals surface area contributed by atoms with E-state index in [4.69, 9.17) is 4.74 Å². The van der Waals surface area contributed by atoms with Crippen molar-refractivity contribution in [2.75, 3.05) is 0 Å². The number of carbonyl (C=O) groups excluding carboxylic acids is 2. The summed E-state index contributed by atoms with van der Waals surface area (Å²) in [6.45, 7) is 2.14. The normalized spacial score (nSPS) is 36.8. The van der Waals surface area contributed by atoms with Crippen molar-refractivity contribution >= 4 is 12.1 Å². The van der Waals surface area contributed by atoms with Gasteiger partial charge in [-0.15, -0.1) is 0 Å². The molecule has 0 aromatic heterocycles. The van der Waals surface area contributed by atoms with Crippen molar-refractivity contribution < 1.29 is 14.3 Å². The number of carbonyl (C=O) groups is 2. The van der Waals surface area contributed by atoms with Gasteiger partial charge < -0.3 is 4.74 Å². The minimum Gasteiger partial charge on any atom is -0.496 e. The number of fused-ring (bicyclic) bond motifs is 1. The Morgan fingerprint density at radius 3 is 3.00 bits per heavy atom. The molecule has 3 nitrogen and oxygen atoms in total. The number of hydrogen-bond acceptors (Lipinski definition) is 3. The largest absolute Gasteiger partial charge is 0.496 e. The van der Waals surface area contributed by atoms with E-state index >= 15 is 0 Å². The first-order chi connectivity index (χ1) is 6.72. The summed E-state index contributed by atoms with van der Waals surface area (Å²) in [5, 5.41) is 0. The lowest BCUT2D eigenvalue weighted by Gasteiger charge is -2.35. The summed E-state index contributed by atoms with van der Waals surface area (Å²) in [5.41, 5.74) is 0.195. The smallest absolute Gasteiger partial charge is 0.176 e. The summed E-state index contributed by atoms with van der Waals surface area (Å²) in [6.07, 6.45) is 4.83. The van der Waals surface area contributed by atoms with Crippen LogP contribution >= 0.6 is 0 Å². The fraction of sp³-hybridized carbons (Fsp3) is 0.636. The predicted octanol–water partition coefficient (Wildman–Crippen LogP) is 1.47. The second kappa shape index (κ2) is 3.56. The van der Waals surface area contributed by atoms with Crippen molar-refractivity contribution in [1.82, 2.24) is 0 Å². The molecule has 0 aromatic carbocycles. The molecule has 0 N–H and O–H groups in total. The summed E-state index contributed by atoms with van der Waals surface area (Å²) < 4.78 is 5.39. The molecule has 3 unspecified atom stereocenters. The Morgan fingerprint density at radius 2 is 2.29 bits per heavy atom. The number of ether oxygens (including phenoxy) is 1. The molecule has 1 aliphatic carbocycles. The lowest BCUT2D eigenvalue weighted by atomic mass is 9.76. The summed E-state index contributed by atoms with van der Waals surface area (Å²) in [7, 11) is 0. The van der Waals surface area contributed by atoms with Crippen LogP contribution in [0.15, 0.2) is 11.8 Å². The highest BCUT2D eigenvalue weighted by molar-refractivity contribution is 6.13. The second-order valence-corrected chi connectivity index (χ2v) is 4.25. The SMILES string of the molecule is CC1CCC2OC=C(C=O)C(=O)C2C1. The zero-order chi connectivity index (χ0) is 10.1. The van der Waals surface area contributed by atoms with E-state index in [0.29, 0.717) is 12.2 Å². The molecule has 2 rings (SSSR count). The van der Waals surface area contributed by atoms with Crippen LogP contribution in [0.1, 0.15) is 26.2 Å². The van der Waals surface area contributed by atoms with Crippen molar-refractivity contribution in [3.63, 3.8) is 0 Å². The minimum absolute atomic E-state index is 0.0161. The molecule has 0 saturated heterocycles. The topological polar surface area (TPSA) is 43.4 Å². The monoisotopic (exact) mass is 194 g/mol. The van der Waals surface area contributed by atoms with Crippen LogP contribution in [0.5, 0.6) is 0 Å². The van der Waals surface area contributed by atoms with Gasteiger partial charge >= 0.3 is 0 Å². The standard InChI is InChI=1S/C11H14O3/c1-7-2-3-10-9(4-7)11(13)8(5-12)6-14-10/h5-7,9-10H,2-4H2,1H3. The quantitative estimate of drug-likeness (QED) is 0.469. The minimum atomic E-state index is -0.0797. The summed E-state index contributed by atoms with van der Waals surface area (Å²) in [5.74, 6) is 0.460. The zero-order valence-electron chi connectivity index (χ0n) is 8.23. The average molecular weight is 194 g/mol. The highest BCUT2D eigenvalue weighted by Gasteiger charge is 2.38. The van der Waals surface area contributed by atoms with Gasteiger partial charge in [-0.3, -0.25) is 9.59 Å². The van der Waals surface area contributed by atoms with Crippen LogP contribution in [-0.2, 0) is 14.3 Å². The number of allylic oxidation sites excluding steroid dienone is 1. The van der Waals surface area contributed by atoms with Gasteiger partial charge in [0.05, 0.1) is 17.8 Å². The van der Waals surface area contributed by atoms with Crippen molar-refractivity contribution in [3.05, 3.63) is 11.8 Å². The second-order valence-electron chi connectivity index (χ2n) is 4.25. The lowest BCUT2D eigenvalue weighted by molar-refractivity contribution is -0.129. The van der Waals surface area contributed by atoms with Crippen molar-refractivity contribution in [2.45, 2.75) is 32.3 Å². The van der Waals surface area contributed by atoms with E-state index in [1.165, 1.54) is 6.26 Å². The average Bonchev–Trinajstić information content (AvgIpc) is 2.20. The number of ketones is 1. The van der Waals surface area contributed by atoms with Crippen LogP contribution in [0, 0.1) is 11.8 Å². The molecule has 1 heterocycles. The van der Waals surface area contributed by atoms with Crippen LogP contribution in [-0.4, -0.2) is 18.2 Å². The number of aldehydes is 1. The van der Waals surface area contributed by atoms with Crippen LogP contribution in [0.2, 0.25) is 0 Å². The maximum absolute atomic E-state index is 11.8. The molecule has 0 aromatic rings. The molecule has 0 amide bonds. The molecule has 0 spiro atoms. The fourth-order valence-corrected chi connectivity index (χ4v) is 2.31. The Balaban J connectivity index is 2.19. The van der Waals surface area contributed by atoms with Gasteiger partial charge in [0.2, 0.25) is 0 Å². The molecule has 2 aliphatic rings. The van der Waals surface area contributed by atoms with Crippen LogP contribution in [0.3, 0.4) is 0 Å². The Kier molecular flexibility index (Phi) is 2.40. The number of Topliss-reactive ketones (excluding diaryl/α,β-unsaturated/α-hetero) is 1. The molecule has 1 aliphatic heterocycles. The molecule has 14 heavy (non-hydrogen) atoms. The molecular weight excluding hydrogens is 180 g/mol. The van der Waals surface area contributed by atoms with Crippen molar-refractivity contribution in [3.8, 4) is 0 Å². The predicted molar refractivity (Wildman–Crippen MR) is 50.5 cm³/mol. The third-order valence-corrected chi connectivity index (χ3v) is 3.17. The van der Waals surface area contributed by atoms with Gasteiger partial charge in [0.25, 0.3) is 0 Å². The van der Waals surface area contributed by atoms with Gasteiger partial charge in [-0.2, -0.15) is 0 Å². The summed E-state index contributed by atoms with van der Waals surface area (Å²) in [4.78, 5) is 22.3. The van der Waals surface area contributed by atoms with E-state index in [9.17, 15) is 9.59 Å². The van der Waals surface area contributed by atoms with E-state index in [1.54, 1.807) is 0 Å². The van der Waals surface area contributed by atoms with Crippen LogP contribution < -0.4 is 0 Å². The third-order valence-electron chi connectivity index (χ3n) is 3.17. The van der Waals surface area contributed by atoms with Gasteiger partial charge in [-0.25, -0.2) is 0 Å². The lowest BCUT2D eigenvalue weighted by Crippen LogP contribution is -2.39. The van der Waals surface area contributed by atoms with E-state index in [2.05, 4.69) is 6.92 Å². The first kappa shape index (κ1) is 9.44. The molecule has 3 atom stereocenters. The van der Waals surface area contributed by atoms with Gasteiger partial charge in [0.15, 0.2) is 12.1 Å². The van der Waals surface area contributed by atoms with Crippen LogP contribution in [0.25, 0.3) is 0 Å². The summed E-state index contributed by atoms with van der Waals surface area (Å²) in [6, 6.07) is 0. The molecular formula is C11H14O3. The molecule has 1 fully saturated rings. The highest BCUT2D eigenvalue weighted by Crippen LogP contribution is 2.35. The molecule has 1 saturated carbocycles. The van der Waals surface area contributed by atoms with Gasteiger partial charge in [0.1, 0.15) is 6.10 Å². The number of rotatable bonds is 1. The Morgan fingerprint density at radius 1 is 1.50 bits per heavy atom. The fourth-order valence-electron chi connectivity index (χ4n) is 2.31. The summed E-state index contributed by atoms with van der Waals surface area (Å²) >= 11 is 0. The number of hydrogen-bond donors (Lipinski definition) is 0. The molecule has 0 radical (unpaired) electrons. The maximum Gasteiger partial charge on any atom is 0.176 e. The van der Waals surface area contributed by atoms with E-state index < -0.39 is 0 Å². The molecule has 76 valence electrons. The Labute approximate surface area is 83.1 Å². The first-order valence-corrected chi connectivity index (χ1v) is 5.07. The van der Waals surface area contributed by atoms with Crippen molar-refractivity contribution in [1.29, 1.82) is 0 Å².